The molecule has 0 aliphatic heterocycles. The molecule has 1 amide bonds. The van der Waals surface area contributed by atoms with Crippen molar-refractivity contribution in [1.29, 1.82) is 0 Å². The summed E-state index contributed by atoms with van der Waals surface area (Å²) in [6.07, 6.45) is 0. The Balaban J connectivity index is 2.23. The highest BCUT2D eigenvalue weighted by Gasteiger charge is 2.12. The number of nitrogens with zero attached hydrogens (tertiary/aromatic N) is 1. The summed E-state index contributed by atoms with van der Waals surface area (Å²) in [5.74, 6) is -0.0367. The van der Waals surface area contributed by atoms with Crippen LogP contribution >= 0.6 is 0 Å². The Labute approximate surface area is 125 Å². The van der Waals surface area contributed by atoms with Crippen LogP contribution in [0.2, 0.25) is 0 Å². The summed E-state index contributed by atoms with van der Waals surface area (Å²) >= 11 is 0. The number of hydrogen-bond acceptors (Lipinski definition) is 3. The van der Waals surface area contributed by atoms with Crippen LogP contribution in [0.4, 0.5) is 11.4 Å². The van der Waals surface area contributed by atoms with Crippen molar-refractivity contribution in [3.63, 3.8) is 0 Å². The maximum absolute atomic E-state index is 12.0. The van der Waals surface area contributed by atoms with Crippen LogP contribution < -0.4 is 11.1 Å². The number of hydrogen-bond donors (Lipinski definition) is 2. The van der Waals surface area contributed by atoms with E-state index in [0.29, 0.717) is 11.3 Å². The summed E-state index contributed by atoms with van der Waals surface area (Å²) in [4.78, 5) is 13.6. The predicted octanol–water partition coefficient (Wildman–Crippen LogP) is 3.14. The molecule has 21 heavy (non-hydrogen) atoms. The van der Waals surface area contributed by atoms with Gasteiger partial charge in [-0.1, -0.05) is 30.3 Å². The maximum atomic E-state index is 12.0. The van der Waals surface area contributed by atoms with Gasteiger partial charge < -0.3 is 16.0 Å². The number of amides is 1. The van der Waals surface area contributed by atoms with Gasteiger partial charge >= 0.3 is 0 Å². The molecule has 0 radical (unpaired) electrons. The number of anilines is 2. The fourth-order valence-electron chi connectivity index (χ4n) is 2.13. The first-order chi connectivity index (χ1) is 9.99. The van der Waals surface area contributed by atoms with Crippen molar-refractivity contribution in [1.82, 2.24) is 4.90 Å². The van der Waals surface area contributed by atoms with Crippen LogP contribution in [0.3, 0.4) is 0 Å². The zero-order valence-electron chi connectivity index (χ0n) is 12.6. The first-order valence-electron chi connectivity index (χ1n) is 6.91. The van der Waals surface area contributed by atoms with Gasteiger partial charge in [-0.2, -0.15) is 0 Å². The van der Waals surface area contributed by atoms with E-state index >= 15 is 0 Å². The molecule has 0 bridgehead atoms. The molecule has 0 aromatic heterocycles. The van der Waals surface area contributed by atoms with Crippen molar-refractivity contribution >= 4 is 17.3 Å². The minimum Gasteiger partial charge on any atom is -0.397 e. The highest BCUT2D eigenvalue weighted by molar-refractivity contribution is 5.95. The van der Waals surface area contributed by atoms with E-state index in [1.54, 1.807) is 37.2 Å². The molecular formula is C17H21N3O. The van der Waals surface area contributed by atoms with E-state index in [1.165, 1.54) is 5.56 Å². The van der Waals surface area contributed by atoms with Crippen molar-refractivity contribution in [2.24, 2.45) is 0 Å². The minimum atomic E-state index is -0.0367. The molecule has 1 atom stereocenters. The predicted molar refractivity (Wildman–Crippen MR) is 87.4 cm³/mol. The minimum absolute atomic E-state index is 0.0367. The number of rotatable bonds is 4. The van der Waals surface area contributed by atoms with Crippen molar-refractivity contribution in [3.8, 4) is 0 Å². The van der Waals surface area contributed by atoms with Gasteiger partial charge in [-0.25, -0.2) is 0 Å². The molecule has 0 spiro atoms. The smallest absolute Gasteiger partial charge is 0.253 e. The van der Waals surface area contributed by atoms with Gasteiger partial charge in [-0.05, 0) is 30.7 Å². The maximum Gasteiger partial charge on any atom is 0.253 e. The summed E-state index contributed by atoms with van der Waals surface area (Å²) in [6.45, 7) is 2.06. The number of benzene rings is 2. The van der Waals surface area contributed by atoms with Gasteiger partial charge in [-0.3, -0.25) is 4.79 Å². The van der Waals surface area contributed by atoms with E-state index in [0.717, 1.165) is 5.69 Å². The summed E-state index contributed by atoms with van der Waals surface area (Å²) in [5, 5.41) is 3.36. The Bertz CT molecular complexity index is 623. The van der Waals surface area contributed by atoms with Crippen LogP contribution in [0.15, 0.2) is 48.5 Å². The summed E-state index contributed by atoms with van der Waals surface area (Å²) in [5.41, 5.74) is 9.20. The van der Waals surface area contributed by atoms with Gasteiger partial charge in [0.2, 0.25) is 0 Å². The third-order valence-electron chi connectivity index (χ3n) is 3.38. The first kappa shape index (κ1) is 14.9. The number of nitrogens with one attached hydrogen (secondary N) is 1. The van der Waals surface area contributed by atoms with Crippen LogP contribution in [0.5, 0.6) is 0 Å². The number of nitrogen functional groups attached to an aromatic ring is 1. The monoisotopic (exact) mass is 283 g/mol. The molecule has 1 unspecified atom stereocenters. The molecule has 0 fully saturated rings. The zero-order chi connectivity index (χ0) is 15.4. The summed E-state index contributed by atoms with van der Waals surface area (Å²) in [6, 6.07) is 15.5. The Morgan fingerprint density at radius 2 is 1.81 bits per heavy atom. The highest BCUT2D eigenvalue weighted by atomic mass is 16.2. The van der Waals surface area contributed by atoms with E-state index in [4.69, 9.17) is 5.73 Å². The van der Waals surface area contributed by atoms with Crippen LogP contribution in [0, 0.1) is 0 Å². The highest BCUT2D eigenvalue weighted by Crippen LogP contribution is 2.25. The molecule has 3 N–H and O–H groups in total. The lowest BCUT2D eigenvalue weighted by molar-refractivity contribution is 0.0827. The summed E-state index contributed by atoms with van der Waals surface area (Å²) < 4.78 is 0. The molecule has 0 saturated heterocycles. The number of nitrogens with two attached hydrogens (primary N) is 1. The molecule has 4 nitrogen and oxygen atoms in total. The lowest BCUT2D eigenvalue weighted by Gasteiger charge is -2.18. The molecule has 2 aromatic carbocycles. The van der Waals surface area contributed by atoms with E-state index in [1.807, 2.05) is 18.2 Å². The lowest BCUT2D eigenvalue weighted by Crippen LogP contribution is -2.22. The van der Waals surface area contributed by atoms with Crippen LogP contribution in [-0.4, -0.2) is 24.9 Å². The van der Waals surface area contributed by atoms with E-state index in [2.05, 4.69) is 24.4 Å². The van der Waals surface area contributed by atoms with Crippen LogP contribution in [-0.2, 0) is 0 Å². The van der Waals surface area contributed by atoms with Gasteiger partial charge in [0.25, 0.3) is 5.91 Å². The van der Waals surface area contributed by atoms with Crippen molar-refractivity contribution in [2.45, 2.75) is 13.0 Å². The molecule has 2 aromatic rings. The molecule has 0 heterocycles. The van der Waals surface area contributed by atoms with Gasteiger partial charge in [0.05, 0.1) is 11.4 Å². The molecule has 110 valence electrons. The summed E-state index contributed by atoms with van der Waals surface area (Å²) in [7, 11) is 3.47. The topological polar surface area (TPSA) is 58.4 Å². The fourth-order valence-corrected chi connectivity index (χ4v) is 2.13. The molecule has 2 rings (SSSR count). The Kier molecular flexibility index (Phi) is 4.48. The third-order valence-corrected chi connectivity index (χ3v) is 3.38. The fraction of sp³-hybridized carbons (Fsp3) is 0.235. The van der Waals surface area contributed by atoms with Crippen molar-refractivity contribution in [3.05, 3.63) is 59.7 Å². The van der Waals surface area contributed by atoms with Crippen molar-refractivity contribution in [2.75, 3.05) is 25.1 Å². The number of carbonyl (C=O) groups is 1. The van der Waals surface area contributed by atoms with E-state index < -0.39 is 0 Å². The first-order valence-corrected chi connectivity index (χ1v) is 6.91. The second kappa shape index (κ2) is 6.31. The molecule has 0 aliphatic carbocycles. The molecule has 0 saturated carbocycles. The zero-order valence-corrected chi connectivity index (χ0v) is 12.6. The van der Waals surface area contributed by atoms with E-state index in [9.17, 15) is 4.79 Å². The van der Waals surface area contributed by atoms with E-state index in [-0.39, 0.29) is 11.9 Å². The largest absolute Gasteiger partial charge is 0.397 e. The Morgan fingerprint density at radius 1 is 1.14 bits per heavy atom. The number of carbonyl (C=O) groups excluding carboxylic acids is 1. The Morgan fingerprint density at radius 3 is 2.43 bits per heavy atom. The molecule has 0 aliphatic rings. The SMILES string of the molecule is CC(Nc1cc(C(=O)N(C)C)ccc1N)c1ccccc1. The normalized spacial score (nSPS) is 11.8. The second-order valence-corrected chi connectivity index (χ2v) is 5.28. The molecule has 4 heteroatoms. The van der Waals surface area contributed by atoms with Gasteiger partial charge in [0, 0.05) is 25.7 Å². The lowest BCUT2D eigenvalue weighted by atomic mass is 10.1. The average Bonchev–Trinajstić information content (AvgIpc) is 2.49. The quantitative estimate of drug-likeness (QED) is 0.847. The van der Waals surface area contributed by atoms with Crippen LogP contribution in [0.1, 0.15) is 28.9 Å². The standard InChI is InChI=1S/C17H21N3O/c1-12(13-7-5-4-6-8-13)19-16-11-14(9-10-15(16)18)17(21)20(2)3/h4-12,19H,18H2,1-3H3. The third kappa shape index (κ3) is 3.54. The average molecular weight is 283 g/mol. The second-order valence-electron chi connectivity index (χ2n) is 5.28. The van der Waals surface area contributed by atoms with Gasteiger partial charge in [0.15, 0.2) is 0 Å². The van der Waals surface area contributed by atoms with Gasteiger partial charge in [-0.15, -0.1) is 0 Å². The van der Waals surface area contributed by atoms with Crippen molar-refractivity contribution < 1.29 is 4.79 Å². The molecular weight excluding hydrogens is 262 g/mol. The Hall–Kier alpha value is -2.49. The van der Waals surface area contributed by atoms with Gasteiger partial charge in [0.1, 0.15) is 0 Å². The van der Waals surface area contributed by atoms with Crippen LogP contribution in [0.25, 0.3) is 0 Å².